The molecule has 1 aliphatic rings. The van der Waals surface area contributed by atoms with Gasteiger partial charge in [0.15, 0.2) is 5.79 Å². The van der Waals surface area contributed by atoms with Crippen molar-refractivity contribution in [2.24, 2.45) is 0 Å². The molecular weight excluding hydrogens is 240 g/mol. The van der Waals surface area contributed by atoms with E-state index in [9.17, 15) is 0 Å². The molecule has 1 saturated heterocycles. The molecule has 1 aromatic rings. The molecular formula is C13H17ClO3. The van der Waals surface area contributed by atoms with Crippen molar-refractivity contribution in [2.75, 3.05) is 26.2 Å². The molecule has 0 unspecified atom stereocenters. The number of rotatable bonds is 4. The summed E-state index contributed by atoms with van der Waals surface area (Å²) in [7, 11) is 1.65. The van der Waals surface area contributed by atoms with E-state index in [1.54, 1.807) is 7.11 Å². The number of methoxy groups -OCH3 is 1. The number of hydrogen-bond acceptors (Lipinski definition) is 3. The van der Waals surface area contributed by atoms with Gasteiger partial charge in [0.05, 0.1) is 25.9 Å². The Hall–Kier alpha value is -0.770. The number of hydrogen-bond donors (Lipinski definition) is 0. The van der Waals surface area contributed by atoms with Crippen molar-refractivity contribution < 1.29 is 14.2 Å². The average molecular weight is 257 g/mol. The number of benzene rings is 1. The highest BCUT2D eigenvalue weighted by Crippen LogP contribution is 2.40. The van der Waals surface area contributed by atoms with Crippen LogP contribution in [0.25, 0.3) is 0 Å². The van der Waals surface area contributed by atoms with Crippen LogP contribution in [-0.2, 0) is 15.3 Å². The van der Waals surface area contributed by atoms with Crippen molar-refractivity contribution in [3.05, 3.63) is 29.3 Å². The van der Waals surface area contributed by atoms with Crippen molar-refractivity contribution in [2.45, 2.75) is 19.1 Å². The van der Waals surface area contributed by atoms with Crippen molar-refractivity contribution in [3.63, 3.8) is 0 Å². The fourth-order valence-electron chi connectivity index (χ4n) is 2.13. The third-order valence-corrected chi connectivity index (χ3v) is 3.13. The van der Waals surface area contributed by atoms with Crippen molar-refractivity contribution in [1.29, 1.82) is 0 Å². The zero-order chi connectivity index (χ0) is 12.3. The van der Waals surface area contributed by atoms with E-state index in [0.717, 1.165) is 16.9 Å². The van der Waals surface area contributed by atoms with Gasteiger partial charge in [0.25, 0.3) is 0 Å². The molecule has 0 N–H and O–H groups in total. The molecule has 0 bridgehead atoms. The van der Waals surface area contributed by atoms with Crippen LogP contribution in [0.3, 0.4) is 0 Å². The second kappa shape index (κ2) is 5.25. The maximum absolute atomic E-state index is 5.86. The van der Waals surface area contributed by atoms with Crippen LogP contribution in [-0.4, -0.2) is 26.2 Å². The second-order valence-corrected chi connectivity index (χ2v) is 4.47. The Kier molecular flexibility index (Phi) is 3.92. The minimum atomic E-state index is -0.737. The molecule has 0 atom stereocenters. The summed E-state index contributed by atoms with van der Waals surface area (Å²) in [5.41, 5.74) is 2.08. The Morgan fingerprint density at radius 2 is 2.06 bits per heavy atom. The maximum atomic E-state index is 5.86. The predicted molar refractivity (Wildman–Crippen MR) is 66.7 cm³/mol. The lowest BCUT2D eigenvalue weighted by Gasteiger charge is -2.28. The Labute approximate surface area is 107 Å². The molecule has 1 aromatic carbocycles. The van der Waals surface area contributed by atoms with Crippen LogP contribution < -0.4 is 4.74 Å². The Balaban J connectivity index is 2.44. The zero-order valence-corrected chi connectivity index (χ0v) is 10.9. The molecule has 0 aliphatic carbocycles. The molecule has 4 heteroatoms. The molecule has 0 radical (unpaired) electrons. The van der Waals surface area contributed by atoms with Crippen molar-refractivity contribution >= 4 is 11.6 Å². The average Bonchev–Trinajstić information content (AvgIpc) is 2.79. The third-order valence-electron chi connectivity index (χ3n) is 2.94. The van der Waals surface area contributed by atoms with Gasteiger partial charge in [0, 0.05) is 12.3 Å². The fourth-order valence-corrected chi connectivity index (χ4v) is 2.38. The molecule has 3 nitrogen and oxygen atoms in total. The van der Waals surface area contributed by atoms with Gasteiger partial charge in [-0.1, -0.05) is 11.6 Å². The van der Waals surface area contributed by atoms with E-state index in [1.165, 1.54) is 0 Å². The highest BCUT2D eigenvalue weighted by Gasteiger charge is 2.40. The molecule has 0 spiro atoms. The summed E-state index contributed by atoms with van der Waals surface area (Å²) >= 11 is 5.86. The third kappa shape index (κ3) is 2.41. The van der Waals surface area contributed by atoms with Gasteiger partial charge in [-0.15, -0.1) is 11.6 Å². The minimum Gasteiger partial charge on any atom is -0.496 e. The molecule has 1 aliphatic heterocycles. The Bertz CT molecular complexity index is 386. The van der Waals surface area contributed by atoms with Crippen molar-refractivity contribution in [3.8, 4) is 5.75 Å². The van der Waals surface area contributed by atoms with Crippen LogP contribution >= 0.6 is 11.6 Å². The number of halogens is 1. The summed E-state index contributed by atoms with van der Waals surface area (Å²) in [6.45, 7) is 3.22. The molecule has 17 heavy (non-hydrogen) atoms. The Morgan fingerprint density at radius 1 is 1.35 bits per heavy atom. The summed E-state index contributed by atoms with van der Waals surface area (Å²) in [6.07, 6.45) is 0.619. The monoisotopic (exact) mass is 256 g/mol. The maximum Gasteiger partial charge on any atom is 0.199 e. The van der Waals surface area contributed by atoms with E-state index in [4.69, 9.17) is 25.8 Å². The number of aryl methyl sites for hydroxylation is 1. The van der Waals surface area contributed by atoms with Gasteiger partial charge in [-0.25, -0.2) is 0 Å². The molecule has 0 saturated carbocycles. The summed E-state index contributed by atoms with van der Waals surface area (Å²) < 4.78 is 16.9. The first-order chi connectivity index (χ1) is 8.22. The molecule has 0 aromatic heterocycles. The minimum absolute atomic E-state index is 0.483. The quantitative estimate of drug-likeness (QED) is 0.776. The smallest absolute Gasteiger partial charge is 0.199 e. The van der Waals surface area contributed by atoms with E-state index in [-0.39, 0.29) is 0 Å². The van der Waals surface area contributed by atoms with Crippen molar-refractivity contribution in [1.82, 2.24) is 0 Å². The standard InChI is InChI=1S/C13H17ClO3/c1-10-3-4-12(15-2)11(9-10)13(5-6-14)16-7-8-17-13/h3-4,9H,5-8H2,1-2H3. The highest BCUT2D eigenvalue weighted by molar-refractivity contribution is 6.17. The Morgan fingerprint density at radius 3 is 2.65 bits per heavy atom. The normalized spacial score (nSPS) is 18.3. The van der Waals surface area contributed by atoms with E-state index >= 15 is 0 Å². The van der Waals surface area contributed by atoms with Gasteiger partial charge in [0.1, 0.15) is 5.75 Å². The molecule has 0 amide bonds. The summed E-state index contributed by atoms with van der Waals surface area (Å²) in [5, 5.41) is 0. The van der Waals surface area contributed by atoms with E-state index < -0.39 is 5.79 Å². The van der Waals surface area contributed by atoms with Gasteiger partial charge in [0.2, 0.25) is 0 Å². The van der Waals surface area contributed by atoms with E-state index in [0.29, 0.717) is 25.5 Å². The highest BCUT2D eigenvalue weighted by atomic mass is 35.5. The lowest BCUT2D eigenvalue weighted by atomic mass is 9.99. The largest absolute Gasteiger partial charge is 0.496 e. The van der Waals surface area contributed by atoms with Crippen LogP contribution in [0, 0.1) is 6.92 Å². The summed E-state index contributed by atoms with van der Waals surface area (Å²) in [6, 6.07) is 5.98. The first kappa shape index (κ1) is 12.7. The van der Waals surface area contributed by atoms with Crippen LogP contribution in [0.1, 0.15) is 17.5 Å². The van der Waals surface area contributed by atoms with Crippen LogP contribution in [0.4, 0.5) is 0 Å². The second-order valence-electron chi connectivity index (χ2n) is 4.09. The molecule has 94 valence electrons. The van der Waals surface area contributed by atoms with Crippen LogP contribution in [0.2, 0.25) is 0 Å². The molecule has 1 heterocycles. The predicted octanol–water partition coefficient (Wildman–Crippen LogP) is 2.83. The molecule has 1 fully saturated rings. The van der Waals surface area contributed by atoms with Crippen LogP contribution in [0.15, 0.2) is 18.2 Å². The fraction of sp³-hybridized carbons (Fsp3) is 0.538. The van der Waals surface area contributed by atoms with Crippen LogP contribution in [0.5, 0.6) is 5.75 Å². The molecule has 2 rings (SSSR count). The first-order valence-corrected chi connectivity index (χ1v) is 6.24. The number of alkyl halides is 1. The lowest BCUT2D eigenvalue weighted by molar-refractivity contribution is -0.167. The van der Waals surface area contributed by atoms with Gasteiger partial charge in [-0.05, 0) is 19.1 Å². The SMILES string of the molecule is COc1ccc(C)cc1C1(CCCl)OCCO1. The van der Waals surface area contributed by atoms with Gasteiger partial charge in [-0.2, -0.15) is 0 Å². The summed E-state index contributed by atoms with van der Waals surface area (Å²) in [5.74, 6) is 0.526. The van der Waals surface area contributed by atoms with Gasteiger partial charge >= 0.3 is 0 Å². The first-order valence-electron chi connectivity index (χ1n) is 5.71. The topological polar surface area (TPSA) is 27.7 Å². The zero-order valence-electron chi connectivity index (χ0n) is 10.2. The van der Waals surface area contributed by atoms with Gasteiger partial charge in [-0.3, -0.25) is 0 Å². The summed E-state index contributed by atoms with van der Waals surface area (Å²) in [4.78, 5) is 0. The number of ether oxygens (including phenoxy) is 3. The van der Waals surface area contributed by atoms with E-state index in [2.05, 4.69) is 0 Å². The lowest BCUT2D eigenvalue weighted by Crippen LogP contribution is -2.28. The van der Waals surface area contributed by atoms with E-state index in [1.807, 2.05) is 25.1 Å². The van der Waals surface area contributed by atoms with Gasteiger partial charge < -0.3 is 14.2 Å².